The van der Waals surface area contributed by atoms with Crippen molar-refractivity contribution in [1.82, 2.24) is 4.90 Å². The van der Waals surface area contributed by atoms with Crippen LogP contribution in [0.5, 0.6) is 11.5 Å². The number of esters is 1. The number of methoxy groups -OCH3 is 1. The molecule has 38 heavy (non-hydrogen) atoms. The summed E-state index contributed by atoms with van der Waals surface area (Å²) in [7, 11) is 1.53. The summed E-state index contributed by atoms with van der Waals surface area (Å²) in [4.78, 5) is 52.5. The zero-order valence-corrected chi connectivity index (χ0v) is 21.3. The van der Waals surface area contributed by atoms with E-state index >= 15 is 0 Å². The number of carbonyl (C=O) groups excluding carboxylic acids is 3. The van der Waals surface area contributed by atoms with Crippen LogP contribution < -0.4 is 14.9 Å². The maximum absolute atomic E-state index is 13.4. The number of hydrogen-bond acceptors (Lipinski definition) is 7. The number of hydrogen-bond donors (Lipinski definition) is 0. The van der Waals surface area contributed by atoms with E-state index in [0.29, 0.717) is 33.0 Å². The van der Waals surface area contributed by atoms with Gasteiger partial charge in [0.1, 0.15) is 11.3 Å². The SMILES string of the molecule is COc1ccc(-c2oc3cc(C)c(Cl)cc3c(=O)c2OC(=O)CCCN2C(=O)c3ccccc3C2=O)cc1. The van der Waals surface area contributed by atoms with E-state index < -0.39 is 23.2 Å². The molecule has 0 bridgehead atoms. The van der Waals surface area contributed by atoms with Gasteiger partial charge >= 0.3 is 5.97 Å². The first-order valence-electron chi connectivity index (χ1n) is 11.9. The predicted octanol–water partition coefficient (Wildman–Crippen LogP) is 5.41. The Labute approximate surface area is 222 Å². The fourth-order valence-electron chi connectivity index (χ4n) is 4.31. The van der Waals surface area contributed by atoms with Crippen LogP contribution in [0.3, 0.4) is 0 Å². The summed E-state index contributed by atoms with van der Waals surface area (Å²) in [6.45, 7) is 1.82. The second-order valence-corrected chi connectivity index (χ2v) is 9.21. The quantitative estimate of drug-likeness (QED) is 0.232. The average Bonchev–Trinajstić information content (AvgIpc) is 3.16. The van der Waals surface area contributed by atoms with Gasteiger partial charge in [0.05, 0.1) is 23.6 Å². The van der Waals surface area contributed by atoms with Gasteiger partial charge in [0, 0.05) is 23.6 Å². The standard InChI is InChI=1S/C29H22ClNO7/c1-16-14-23-21(15-22(16)30)25(33)27(26(37-23)17-9-11-18(36-2)12-10-17)38-24(32)8-5-13-31-28(34)19-6-3-4-7-20(19)29(31)35/h3-4,6-7,9-12,14-15H,5,8,13H2,1-2H3. The van der Waals surface area contributed by atoms with Crippen molar-refractivity contribution in [2.45, 2.75) is 19.8 Å². The lowest BCUT2D eigenvalue weighted by Crippen LogP contribution is -2.31. The zero-order chi connectivity index (χ0) is 27.0. The molecule has 192 valence electrons. The lowest BCUT2D eigenvalue weighted by molar-refractivity contribution is -0.134. The summed E-state index contributed by atoms with van der Waals surface area (Å²) in [6, 6.07) is 16.5. The molecular formula is C29H22ClNO7. The van der Waals surface area contributed by atoms with Crippen molar-refractivity contribution in [3.05, 3.63) is 92.6 Å². The highest BCUT2D eigenvalue weighted by Crippen LogP contribution is 2.34. The van der Waals surface area contributed by atoms with Gasteiger partial charge in [-0.2, -0.15) is 0 Å². The number of ether oxygens (including phenoxy) is 2. The summed E-state index contributed by atoms with van der Waals surface area (Å²) in [6.07, 6.45) is 0.0215. The molecule has 1 aromatic heterocycles. The Kier molecular flexibility index (Phi) is 6.73. The van der Waals surface area contributed by atoms with Crippen LogP contribution in [0.1, 0.15) is 39.1 Å². The molecule has 0 spiro atoms. The Morgan fingerprint density at radius 2 is 1.63 bits per heavy atom. The second-order valence-electron chi connectivity index (χ2n) is 8.80. The minimum atomic E-state index is -0.707. The highest BCUT2D eigenvalue weighted by atomic mass is 35.5. The van der Waals surface area contributed by atoms with Crippen LogP contribution in [0, 0.1) is 6.92 Å². The summed E-state index contributed by atoms with van der Waals surface area (Å²) in [5.74, 6) is -1.09. The predicted molar refractivity (Wildman–Crippen MR) is 141 cm³/mol. The molecule has 0 unspecified atom stereocenters. The summed E-state index contributed by atoms with van der Waals surface area (Å²) < 4.78 is 16.8. The molecule has 1 aliphatic rings. The van der Waals surface area contributed by atoms with Gasteiger partial charge in [-0.3, -0.25) is 24.1 Å². The van der Waals surface area contributed by atoms with Gasteiger partial charge in [0.15, 0.2) is 5.76 Å². The number of carbonyl (C=O) groups is 3. The fourth-order valence-corrected chi connectivity index (χ4v) is 4.48. The molecule has 0 radical (unpaired) electrons. The van der Waals surface area contributed by atoms with E-state index in [1.54, 1.807) is 61.5 Å². The molecule has 5 rings (SSSR count). The summed E-state index contributed by atoms with van der Waals surface area (Å²) in [5, 5.41) is 0.548. The molecule has 0 fully saturated rings. The molecule has 1 aliphatic heterocycles. The molecule has 8 nitrogen and oxygen atoms in total. The van der Waals surface area contributed by atoms with Crippen LogP contribution in [0.25, 0.3) is 22.3 Å². The summed E-state index contributed by atoms with van der Waals surface area (Å²) in [5.41, 5.74) is 1.66. The van der Waals surface area contributed by atoms with Crippen LogP contribution in [0.4, 0.5) is 0 Å². The molecule has 0 saturated carbocycles. The van der Waals surface area contributed by atoms with Crippen molar-refractivity contribution < 1.29 is 28.3 Å². The van der Waals surface area contributed by atoms with Gasteiger partial charge in [-0.05, 0) is 67.4 Å². The maximum Gasteiger partial charge on any atom is 0.311 e. The normalized spacial score (nSPS) is 12.7. The Balaban J connectivity index is 1.39. The Bertz CT molecular complexity index is 1620. The molecule has 2 amide bonds. The maximum atomic E-state index is 13.4. The lowest BCUT2D eigenvalue weighted by Gasteiger charge is -2.14. The largest absolute Gasteiger partial charge is 0.497 e. The molecule has 0 N–H and O–H groups in total. The van der Waals surface area contributed by atoms with Crippen LogP contribution in [0.15, 0.2) is 69.9 Å². The number of rotatable bonds is 7. The highest BCUT2D eigenvalue weighted by molar-refractivity contribution is 6.32. The first-order chi connectivity index (χ1) is 18.3. The average molecular weight is 532 g/mol. The van der Waals surface area contributed by atoms with E-state index in [0.717, 1.165) is 10.5 Å². The van der Waals surface area contributed by atoms with Gasteiger partial charge in [-0.15, -0.1) is 0 Å². The third-order valence-corrected chi connectivity index (χ3v) is 6.75. The third-order valence-electron chi connectivity index (χ3n) is 6.34. The third kappa shape index (κ3) is 4.54. The van der Waals surface area contributed by atoms with Gasteiger partial charge in [0.2, 0.25) is 11.2 Å². The molecule has 9 heteroatoms. The molecule has 0 aliphatic carbocycles. The number of aryl methyl sites for hydroxylation is 1. The van der Waals surface area contributed by atoms with Crippen molar-refractivity contribution in [2.24, 2.45) is 0 Å². The topological polar surface area (TPSA) is 103 Å². The van der Waals surface area contributed by atoms with Gasteiger partial charge < -0.3 is 13.9 Å². The van der Waals surface area contributed by atoms with E-state index in [4.69, 9.17) is 25.5 Å². The van der Waals surface area contributed by atoms with Crippen molar-refractivity contribution >= 4 is 40.4 Å². The number of fused-ring (bicyclic) bond motifs is 2. The molecular weight excluding hydrogens is 510 g/mol. The van der Waals surface area contributed by atoms with Crippen molar-refractivity contribution in [2.75, 3.05) is 13.7 Å². The van der Waals surface area contributed by atoms with Crippen LogP contribution in [-0.2, 0) is 4.79 Å². The van der Waals surface area contributed by atoms with Crippen molar-refractivity contribution in [1.29, 1.82) is 0 Å². The van der Waals surface area contributed by atoms with Gasteiger partial charge in [-0.1, -0.05) is 23.7 Å². The first kappa shape index (κ1) is 25.2. The molecule has 3 aromatic carbocycles. The fraction of sp³-hybridized carbons (Fsp3) is 0.172. The van der Waals surface area contributed by atoms with Crippen molar-refractivity contribution in [3.63, 3.8) is 0 Å². The number of benzene rings is 3. The van der Waals surface area contributed by atoms with Crippen molar-refractivity contribution in [3.8, 4) is 22.8 Å². The minimum Gasteiger partial charge on any atom is -0.497 e. The number of nitrogens with zero attached hydrogens (tertiary/aromatic N) is 1. The van der Waals surface area contributed by atoms with E-state index in [9.17, 15) is 19.2 Å². The smallest absolute Gasteiger partial charge is 0.311 e. The number of halogens is 1. The Hall–Kier alpha value is -4.43. The van der Waals surface area contributed by atoms with E-state index in [1.165, 1.54) is 13.2 Å². The Morgan fingerprint density at radius 3 is 2.26 bits per heavy atom. The highest BCUT2D eigenvalue weighted by Gasteiger charge is 2.34. The Morgan fingerprint density at radius 1 is 0.974 bits per heavy atom. The number of amides is 2. The molecule has 0 saturated heterocycles. The van der Waals surface area contributed by atoms with Gasteiger partial charge in [-0.25, -0.2) is 0 Å². The molecule has 2 heterocycles. The summed E-state index contributed by atoms with van der Waals surface area (Å²) >= 11 is 6.23. The first-order valence-corrected chi connectivity index (χ1v) is 12.2. The van der Waals surface area contributed by atoms with E-state index in [2.05, 4.69) is 0 Å². The number of imide groups is 1. The zero-order valence-electron chi connectivity index (χ0n) is 20.6. The van der Waals surface area contributed by atoms with Crippen LogP contribution in [-0.4, -0.2) is 36.3 Å². The lowest BCUT2D eigenvalue weighted by atomic mass is 10.1. The minimum absolute atomic E-state index is 0.0357. The van der Waals surface area contributed by atoms with E-state index in [-0.39, 0.29) is 36.3 Å². The van der Waals surface area contributed by atoms with E-state index in [1.807, 2.05) is 0 Å². The monoisotopic (exact) mass is 531 g/mol. The molecule has 4 aromatic rings. The van der Waals surface area contributed by atoms with Gasteiger partial charge in [0.25, 0.3) is 11.8 Å². The van der Waals surface area contributed by atoms with Crippen LogP contribution >= 0.6 is 11.6 Å². The molecule has 0 atom stereocenters. The van der Waals surface area contributed by atoms with Crippen LogP contribution in [0.2, 0.25) is 5.02 Å². The second kappa shape index (κ2) is 10.1.